The van der Waals surface area contributed by atoms with E-state index in [0.29, 0.717) is 0 Å². The molecule has 4 rings (SSSR count). The highest BCUT2D eigenvalue weighted by molar-refractivity contribution is 6.31. The third kappa shape index (κ3) is 2.95. The Morgan fingerprint density at radius 2 is 1.75 bits per heavy atom. The number of aryl methyl sites for hydroxylation is 2. The lowest BCUT2D eigenvalue weighted by atomic mass is 10.1. The summed E-state index contributed by atoms with van der Waals surface area (Å²) in [5.41, 5.74) is 5.53. The lowest BCUT2D eigenvalue weighted by molar-refractivity contribution is 0.309. The first-order valence-electron chi connectivity index (χ1n) is 8.34. The van der Waals surface area contributed by atoms with Gasteiger partial charge in [0.25, 0.3) is 0 Å². The van der Waals surface area contributed by atoms with Crippen LogP contribution in [0.4, 0.5) is 0 Å². The van der Waals surface area contributed by atoms with Crippen molar-refractivity contribution in [2.24, 2.45) is 0 Å². The molecule has 1 aliphatic rings. The molecule has 0 bridgehead atoms. The molecule has 3 aromatic rings. The lowest BCUT2D eigenvalue weighted by Crippen LogP contribution is -2.27. The van der Waals surface area contributed by atoms with Crippen molar-refractivity contribution in [1.29, 1.82) is 0 Å². The van der Waals surface area contributed by atoms with Gasteiger partial charge in [0.1, 0.15) is 0 Å². The second-order valence-corrected chi connectivity index (χ2v) is 7.48. The van der Waals surface area contributed by atoms with Crippen LogP contribution in [0.2, 0.25) is 10.0 Å². The standard InChI is InChI=1S/C20H20Cl2N2/c1-23-10-9-20-18(13-23)17-12-16(22)6-7-19(17)24(20)11-8-14-2-4-15(21)5-3-14/h2-7,12H,8-11,13H2,1H3. The van der Waals surface area contributed by atoms with Gasteiger partial charge in [0.05, 0.1) is 0 Å². The molecule has 1 aliphatic heterocycles. The third-order valence-corrected chi connectivity index (χ3v) is 5.43. The zero-order valence-corrected chi connectivity index (χ0v) is 15.2. The first-order chi connectivity index (χ1) is 11.6. The summed E-state index contributed by atoms with van der Waals surface area (Å²) in [6.45, 7) is 3.09. The molecule has 124 valence electrons. The van der Waals surface area contributed by atoms with E-state index >= 15 is 0 Å². The maximum absolute atomic E-state index is 6.26. The van der Waals surface area contributed by atoms with Gasteiger partial charge < -0.3 is 9.47 Å². The lowest BCUT2D eigenvalue weighted by Gasteiger charge is -2.24. The van der Waals surface area contributed by atoms with E-state index in [9.17, 15) is 0 Å². The maximum atomic E-state index is 6.26. The highest BCUT2D eigenvalue weighted by Gasteiger charge is 2.22. The molecule has 2 nitrogen and oxygen atoms in total. The van der Waals surface area contributed by atoms with Crippen molar-refractivity contribution in [3.05, 3.63) is 69.3 Å². The van der Waals surface area contributed by atoms with Gasteiger partial charge in [-0.15, -0.1) is 0 Å². The fraction of sp³-hybridized carbons (Fsp3) is 0.300. The number of rotatable bonds is 3. The first-order valence-corrected chi connectivity index (χ1v) is 9.10. The topological polar surface area (TPSA) is 8.17 Å². The molecule has 0 unspecified atom stereocenters. The normalized spacial score (nSPS) is 15.0. The van der Waals surface area contributed by atoms with Crippen LogP contribution >= 0.6 is 23.2 Å². The number of nitrogens with zero attached hydrogens (tertiary/aromatic N) is 2. The van der Waals surface area contributed by atoms with Gasteiger partial charge in [-0.1, -0.05) is 35.3 Å². The van der Waals surface area contributed by atoms with E-state index in [1.165, 1.54) is 27.7 Å². The van der Waals surface area contributed by atoms with E-state index in [-0.39, 0.29) is 0 Å². The van der Waals surface area contributed by atoms with Crippen LogP contribution in [0.1, 0.15) is 16.8 Å². The summed E-state index contributed by atoms with van der Waals surface area (Å²) in [5, 5.41) is 2.91. The molecule has 2 heterocycles. The summed E-state index contributed by atoms with van der Waals surface area (Å²) in [6, 6.07) is 14.4. The van der Waals surface area contributed by atoms with Crippen molar-refractivity contribution < 1.29 is 0 Å². The largest absolute Gasteiger partial charge is 0.344 e. The molecule has 0 aliphatic carbocycles. The number of benzene rings is 2. The zero-order chi connectivity index (χ0) is 16.7. The fourth-order valence-electron chi connectivity index (χ4n) is 3.70. The monoisotopic (exact) mass is 358 g/mol. The summed E-state index contributed by atoms with van der Waals surface area (Å²) in [7, 11) is 2.18. The Balaban J connectivity index is 1.73. The predicted molar refractivity (Wildman–Crippen MR) is 102 cm³/mol. The van der Waals surface area contributed by atoms with Crippen LogP contribution in [0.15, 0.2) is 42.5 Å². The molecule has 2 aromatic carbocycles. The third-order valence-electron chi connectivity index (χ3n) is 4.94. The average Bonchev–Trinajstić information content (AvgIpc) is 2.87. The van der Waals surface area contributed by atoms with Crippen molar-refractivity contribution >= 4 is 34.1 Å². The van der Waals surface area contributed by atoms with Gasteiger partial charge in [-0.05, 0) is 54.9 Å². The van der Waals surface area contributed by atoms with E-state index in [4.69, 9.17) is 23.2 Å². The first kappa shape index (κ1) is 16.0. The number of halogens is 2. The Hall–Kier alpha value is -1.48. The maximum Gasteiger partial charge on any atom is 0.0487 e. The minimum atomic E-state index is 0.792. The van der Waals surface area contributed by atoms with Crippen LogP contribution in [0.5, 0.6) is 0 Å². The van der Waals surface area contributed by atoms with Crippen LogP contribution in [0, 0.1) is 0 Å². The number of aromatic nitrogens is 1. The molecule has 4 heteroatoms. The van der Waals surface area contributed by atoms with Gasteiger partial charge in [-0.2, -0.15) is 0 Å². The van der Waals surface area contributed by atoms with Crippen LogP contribution in [0.25, 0.3) is 10.9 Å². The Bertz CT molecular complexity index is 881. The van der Waals surface area contributed by atoms with Crippen molar-refractivity contribution in [3.63, 3.8) is 0 Å². The average molecular weight is 359 g/mol. The minimum Gasteiger partial charge on any atom is -0.344 e. The minimum absolute atomic E-state index is 0.792. The summed E-state index contributed by atoms with van der Waals surface area (Å²) < 4.78 is 2.49. The Morgan fingerprint density at radius 3 is 2.54 bits per heavy atom. The number of hydrogen-bond donors (Lipinski definition) is 0. The van der Waals surface area contributed by atoms with Crippen molar-refractivity contribution in [1.82, 2.24) is 9.47 Å². The van der Waals surface area contributed by atoms with Crippen LogP contribution < -0.4 is 0 Å². The molecule has 0 atom stereocenters. The van der Waals surface area contributed by atoms with Crippen molar-refractivity contribution in [3.8, 4) is 0 Å². The molecule has 0 N–H and O–H groups in total. The van der Waals surface area contributed by atoms with E-state index in [1.54, 1.807) is 0 Å². The van der Waals surface area contributed by atoms with E-state index < -0.39 is 0 Å². The van der Waals surface area contributed by atoms with Gasteiger partial charge in [0.2, 0.25) is 0 Å². The second-order valence-electron chi connectivity index (χ2n) is 6.60. The van der Waals surface area contributed by atoms with Crippen LogP contribution in [0.3, 0.4) is 0 Å². The SMILES string of the molecule is CN1CCc2c(c3cc(Cl)ccc3n2CCc2ccc(Cl)cc2)C1. The van der Waals surface area contributed by atoms with Gasteiger partial charge in [-0.3, -0.25) is 0 Å². The molecule has 0 saturated heterocycles. The number of fused-ring (bicyclic) bond motifs is 3. The van der Waals surface area contributed by atoms with Gasteiger partial charge >= 0.3 is 0 Å². The van der Waals surface area contributed by atoms with Gasteiger partial charge in [-0.25, -0.2) is 0 Å². The van der Waals surface area contributed by atoms with Crippen LogP contribution in [-0.4, -0.2) is 23.1 Å². The highest BCUT2D eigenvalue weighted by atomic mass is 35.5. The summed E-state index contributed by atoms with van der Waals surface area (Å²) in [5.74, 6) is 0. The van der Waals surface area contributed by atoms with E-state index in [1.807, 2.05) is 18.2 Å². The molecule has 0 spiro atoms. The number of hydrogen-bond acceptors (Lipinski definition) is 1. The van der Waals surface area contributed by atoms with Gasteiger partial charge in [0, 0.05) is 52.7 Å². The van der Waals surface area contributed by atoms with E-state index in [2.05, 4.69) is 40.8 Å². The molecule has 0 saturated carbocycles. The molecule has 0 fully saturated rings. The number of likely N-dealkylation sites (N-methyl/N-ethyl adjacent to an activating group) is 1. The fourth-order valence-corrected chi connectivity index (χ4v) is 4.00. The Kier molecular flexibility index (Phi) is 4.29. The highest BCUT2D eigenvalue weighted by Crippen LogP contribution is 2.32. The van der Waals surface area contributed by atoms with Crippen molar-refractivity contribution in [2.75, 3.05) is 13.6 Å². The predicted octanol–water partition coefficient (Wildman–Crippen LogP) is 5.18. The molecular weight excluding hydrogens is 339 g/mol. The summed E-state index contributed by atoms with van der Waals surface area (Å²) >= 11 is 12.2. The van der Waals surface area contributed by atoms with Gasteiger partial charge in [0.15, 0.2) is 0 Å². The molecule has 0 radical (unpaired) electrons. The quantitative estimate of drug-likeness (QED) is 0.626. The van der Waals surface area contributed by atoms with Crippen LogP contribution in [-0.2, 0) is 25.9 Å². The zero-order valence-electron chi connectivity index (χ0n) is 13.7. The second kappa shape index (κ2) is 6.44. The Labute approximate surface area is 152 Å². The summed E-state index contributed by atoms with van der Waals surface area (Å²) in [6.07, 6.45) is 2.10. The molecular formula is C20H20Cl2N2. The molecule has 0 amide bonds. The Morgan fingerprint density at radius 1 is 1.00 bits per heavy atom. The molecule has 24 heavy (non-hydrogen) atoms. The van der Waals surface area contributed by atoms with E-state index in [0.717, 1.165) is 42.5 Å². The molecule has 1 aromatic heterocycles. The summed E-state index contributed by atoms with van der Waals surface area (Å²) in [4.78, 5) is 2.38. The smallest absolute Gasteiger partial charge is 0.0487 e. The van der Waals surface area contributed by atoms with Crippen molar-refractivity contribution in [2.45, 2.75) is 25.9 Å².